The van der Waals surface area contributed by atoms with Gasteiger partial charge in [-0.3, -0.25) is 9.59 Å². The first kappa shape index (κ1) is 20.4. The molecule has 5 rings (SSSR count). The molecule has 0 spiro atoms. The fourth-order valence-corrected chi connectivity index (χ4v) is 5.72. The molecule has 0 aromatic carbocycles. The molecule has 6 nitrogen and oxygen atoms in total. The van der Waals surface area contributed by atoms with Crippen molar-refractivity contribution in [2.75, 3.05) is 0 Å². The van der Waals surface area contributed by atoms with Crippen molar-refractivity contribution >= 4 is 34.3 Å². The molecule has 2 aliphatic rings. The fourth-order valence-electron chi connectivity index (χ4n) is 5.03. The molecule has 164 valence electrons. The molecule has 0 unspecified atom stereocenters. The molecule has 3 aromatic heterocycles. The number of aromatic nitrogens is 1. The van der Waals surface area contributed by atoms with Gasteiger partial charge in [-0.05, 0) is 38.1 Å². The Labute approximate surface area is 186 Å². The Hall–Kier alpha value is -2.54. The predicted molar refractivity (Wildman–Crippen MR) is 121 cm³/mol. The van der Waals surface area contributed by atoms with Crippen LogP contribution in [0.5, 0.6) is 0 Å². The van der Waals surface area contributed by atoms with E-state index in [1.54, 1.807) is 16.2 Å². The average molecular weight is 440 g/mol. The Bertz CT molecular complexity index is 1100. The monoisotopic (exact) mass is 439 g/mol. The van der Waals surface area contributed by atoms with Gasteiger partial charge in [0.2, 0.25) is 5.91 Å². The lowest BCUT2D eigenvalue weighted by atomic mass is 9.93. The first-order valence-electron chi connectivity index (χ1n) is 11.2. The van der Waals surface area contributed by atoms with Gasteiger partial charge < -0.3 is 19.2 Å². The van der Waals surface area contributed by atoms with Gasteiger partial charge in [-0.1, -0.05) is 31.7 Å². The van der Waals surface area contributed by atoms with Gasteiger partial charge in [0.1, 0.15) is 17.0 Å². The molecule has 0 radical (unpaired) electrons. The second-order valence-corrected chi connectivity index (χ2v) is 10.2. The van der Waals surface area contributed by atoms with Gasteiger partial charge in [-0.25, -0.2) is 0 Å². The number of nitrogens with one attached hydrogen (secondary N) is 1. The van der Waals surface area contributed by atoms with Gasteiger partial charge >= 0.3 is 0 Å². The van der Waals surface area contributed by atoms with Crippen LogP contribution >= 0.6 is 11.3 Å². The third-order valence-electron chi connectivity index (χ3n) is 6.81. The van der Waals surface area contributed by atoms with Crippen molar-refractivity contribution in [3.63, 3.8) is 0 Å². The number of fused-ring (bicyclic) bond motifs is 3. The van der Waals surface area contributed by atoms with E-state index in [-0.39, 0.29) is 17.9 Å². The summed E-state index contributed by atoms with van der Waals surface area (Å²) < 4.78 is 7.75. The van der Waals surface area contributed by atoms with Crippen molar-refractivity contribution in [2.45, 2.75) is 77.0 Å². The molecule has 2 amide bonds. The Morgan fingerprint density at radius 2 is 2.03 bits per heavy atom. The Kier molecular flexibility index (Phi) is 5.16. The van der Waals surface area contributed by atoms with E-state index in [2.05, 4.69) is 5.32 Å². The highest BCUT2D eigenvalue weighted by atomic mass is 32.1. The maximum absolute atomic E-state index is 13.7. The van der Waals surface area contributed by atoms with E-state index in [9.17, 15) is 9.59 Å². The number of carbonyl (C=O) groups is 2. The molecule has 1 aliphatic carbocycles. The molecule has 1 fully saturated rings. The quantitative estimate of drug-likeness (QED) is 0.591. The van der Waals surface area contributed by atoms with Gasteiger partial charge in [-0.15, -0.1) is 11.3 Å². The number of nitrogens with zero attached hydrogens (tertiary/aromatic N) is 2. The van der Waals surface area contributed by atoms with Crippen LogP contribution in [0.1, 0.15) is 66.6 Å². The third kappa shape index (κ3) is 3.59. The van der Waals surface area contributed by atoms with Crippen LogP contribution in [0.3, 0.4) is 0 Å². The summed E-state index contributed by atoms with van der Waals surface area (Å²) in [6.07, 6.45) is 6.79. The highest BCUT2D eigenvalue weighted by molar-refractivity contribution is 7.09. The van der Waals surface area contributed by atoms with E-state index in [0.717, 1.165) is 41.8 Å². The van der Waals surface area contributed by atoms with Crippen molar-refractivity contribution in [1.82, 2.24) is 14.8 Å². The van der Waals surface area contributed by atoms with E-state index in [4.69, 9.17) is 4.42 Å². The van der Waals surface area contributed by atoms with E-state index in [1.165, 1.54) is 12.8 Å². The van der Waals surface area contributed by atoms with Crippen molar-refractivity contribution in [3.05, 3.63) is 46.0 Å². The van der Waals surface area contributed by atoms with Crippen LogP contribution < -0.4 is 5.32 Å². The topological polar surface area (TPSA) is 67.5 Å². The average Bonchev–Trinajstić information content (AvgIpc) is 3.39. The number of thiophene rings is 1. The lowest BCUT2D eigenvalue weighted by Crippen LogP contribution is -2.64. The van der Waals surface area contributed by atoms with Crippen molar-refractivity contribution in [1.29, 1.82) is 0 Å². The fraction of sp³-hybridized carbons (Fsp3) is 0.500. The minimum Gasteiger partial charge on any atom is -0.460 e. The summed E-state index contributed by atoms with van der Waals surface area (Å²) in [5.41, 5.74) is 1.19. The highest BCUT2D eigenvalue weighted by Gasteiger charge is 2.48. The molecule has 3 aromatic rings. The predicted octanol–water partition coefficient (Wildman–Crippen LogP) is 4.86. The number of hydrogen-bond donors (Lipinski definition) is 1. The van der Waals surface area contributed by atoms with Crippen molar-refractivity contribution < 1.29 is 14.0 Å². The van der Waals surface area contributed by atoms with Crippen LogP contribution in [0.25, 0.3) is 11.1 Å². The van der Waals surface area contributed by atoms with Gasteiger partial charge in [-0.2, -0.15) is 0 Å². The number of carbonyl (C=O) groups excluding carboxylic acids is 2. The Morgan fingerprint density at radius 3 is 2.74 bits per heavy atom. The molecule has 4 heterocycles. The number of hydrogen-bond acceptors (Lipinski definition) is 4. The summed E-state index contributed by atoms with van der Waals surface area (Å²) in [4.78, 5) is 30.2. The van der Waals surface area contributed by atoms with E-state index in [0.29, 0.717) is 24.4 Å². The molecular weight excluding hydrogens is 410 g/mol. The minimum absolute atomic E-state index is 0.0583. The standard InChI is InChI=1S/C24H29N3O3S/c1-16-12-19-21(30-16)13-20-22(28)27(14-18-10-7-11-31-18)24(2,15-26(19)20)23(29)25-17-8-5-3-4-6-9-17/h7,10-13,17H,3-6,8-9,14-15H2,1-2H3,(H,25,29)/t24-/m1/s1. The van der Waals surface area contributed by atoms with Gasteiger partial charge in [0.25, 0.3) is 5.91 Å². The molecule has 31 heavy (non-hydrogen) atoms. The Balaban J connectivity index is 1.52. The van der Waals surface area contributed by atoms with Crippen LogP contribution in [0.2, 0.25) is 0 Å². The number of rotatable bonds is 4. The van der Waals surface area contributed by atoms with Crippen LogP contribution in [0.4, 0.5) is 0 Å². The lowest BCUT2D eigenvalue weighted by Gasteiger charge is -2.44. The largest absolute Gasteiger partial charge is 0.460 e. The lowest BCUT2D eigenvalue weighted by molar-refractivity contribution is -0.134. The molecule has 1 aliphatic heterocycles. The highest BCUT2D eigenvalue weighted by Crippen LogP contribution is 2.35. The van der Waals surface area contributed by atoms with Crippen LogP contribution in [-0.2, 0) is 17.9 Å². The summed E-state index contributed by atoms with van der Waals surface area (Å²) in [6, 6.07) is 7.95. The smallest absolute Gasteiger partial charge is 0.271 e. The SMILES string of the molecule is Cc1cc2c(cc3n2C[C@](C)(C(=O)NC2CCCCCC2)N(Cc2cccs2)C3=O)o1. The second-order valence-electron chi connectivity index (χ2n) is 9.13. The maximum atomic E-state index is 13.7. The second kappa shape index (κ2) is 7.86. The molecule has 7 heteroatoms. The molecule has 0 bridgehead atoms. The first-order valence-corrected chi connectivity index (χ1v) is 12.1. The number of furan rings is 1. The van der Waals surface area contributed by atoms with Crippen LogP contribution in [0.15, 0.2) is 34.1 Å². The molecule has 1 N–H and O–H groups in total. The zero-order valence-electron chi connectivity index (χ0n) is 18.1. The van der Waals surface area contributed by atoms with Crippen molar-refractivity contribution in [3.8, 4) is 0 Å². The summed E-state index contributed by atoms with van der Waals surface area (Å²) in [7, 11) is 0. The summed E-state index contributed by atoms with van der Waals surface area (Å²) in [5.74, 6) is 0.623. The minimum atomic E-state index is -0.975. The number of aryl methyl sites for hydroxylation is 1. The van der Waals surface area contributed by atoms with Gasteiger partial charge in [0.05, 0.1) is 18.6 Å². The zero-order chi connectivity index (χ0) is 21.6. The molecule has 1 saturated carbocycles. The van der Waals surface area contributed by atoms with Crippen LogP contribution in [-0.4, -0.2) is 32.9 Å². The first-order chi connectivity index (χ1) is 15.0. The van der Waals surface area contributed by atoms with Crippen LogP contribution in [0, 0.1) is 6.92 Å². The zero-order valence-corrected chi connectivity index (χ0v) is 19.0. The summed E-state index contributed by atoms with van der Waals surface area (Å²) in [6.45, 7) is 4.65. The van der Waals surface area contributed by atoms with E-state index >= 15 is 0 Å². The normalized spacial score (nSPS) is 22.5. The molecule has 1 atom stereocenters. The third-order valence-corrected chi connectivity index (χ3v) is 7.67. The van der Waals surface area contributed by atoms with E-state index in [1.807, 2.05) is 48.1 Å². The van der Waals surface area contributed by atoms with E-state index < -0.39 is 5.54 Å². The summed E-state index contributed by atoms with van der Waals surface area (Å²) >= 11 is 1.61. The Morgan fingerprint density at radius 1 is 1.26 bits per heavy atom. The maximum Gasteiger partial charge on any atom is 0.271 e. The van der Waals surface area contributed by atoms with Crippen molar-refractivity contribution in [2.24, 2.45) is 0 Å². The molecule has 0 saturated heterocycles. The van der Waals surface area contributed by atoms with Gasteiger partial charge in [0, 0.05) is 23.1 Å². The molecular formula is C24H29N3O3S. The summed E-state index contributed by atoms with van der Waals surface area (Å²) in [5, 5.41) is 5.31. The number of amides is 2. The van der Waals surface area contributed by atoms with Gasteiger partial charge in [0.15, 0.2) is 5.58 Å².